The zero-order valence-electron chi connectivity index (χ0n) is 17.2. The smallest absolute Gasteiger partial charge is 0.270 e. The molecule has 29 heavy (non-hydrogen) atoms. The molecule has 0 saturated carbocycles. The van der Waals surface area contributed by atoms with Gasteiger partial charge in [0, 0.05) is 19.4 Å². The van der Waals surface area contributed by atoms with Gasteiger partial charge in [0.2, 0.25) is 5.91 Å². The van der Waals surface area contributed by atoms with Crippen LogP contribution in [0.1, 0.15) is 36.2 Å². The van der Waals surface area contributed by atoms with Gasteiger partial charge >= 0.3 is 0 Å². The molecule has 1 unspecified atom stereocenters. The van der Waals surface area contributed by atoms with Crippen molar-refractivity contribution in [1.82, 2.24) is 20.2 Å². The van der Waals surface area contributed by atoms with E-state index in [9.17, 15) is 9.59 Å². The van der Waals surface area contributed by atoms with Crippen molar-refractivity contribution < 1.29 is 4.79 Å². The van der Waals surface area contributed by atoms with Crippen LogP contribution < -0.4 is 10.9 Å². The van der Waals surface area contributed by atoms with Crippen LogP contribution in [0, 0.1) is 0 Å². The van der Waals surface area contributed by atoms with E-state index in [-0.39, 0.29) is 23.9 Å². The van der Waals surface area contributed by atoms with Gasteiger partial charge in [-0.3, -0.25) is 9.59 Å². The molecule has 1 heterocycles. The van der Waals surface area contributed by atoms with Gasteiger partial charge in [-0.2, -0.15) is 0 Å². The summed E-state index contributed by atoms with van der Waals surface area (Å²) < 4.78 is 0. The molecular formula is C23H28N4O2. The van der Waals surface area contributed by atoms with Gasteiger partial charge in [0.05, 0.1) is 17.1 Å². The topological polar surface area (TPSA) is 78.1 Å². The molecule has 2 N–H and O–H groups in total. The molecule has 0 fully saturated rings. The molecule has 0 aliphatic rings. The van der Waals surface area contributed by atoms with Crippen LogP contribution in [-0.4, -0.2) is 41.4 Å². The minimum atomic E-state index is -0.237. The predicted octanol–water partition coefficient (Wildman–Crippen LogP) is 2.84. The molecule has 0 radical (unpaired) electrons. The Morgan fingerprint density at radius 2 is 1.86 bits per heavy atom. The molecule has 0 saturated heterocycles. The van der Waals surface area contributed by atoms with Crippen LogP contribution in [0.2, 0.25) is 0 Å². The number of benzene rings is 2. The zero-order chi connectivity index (χ0) is 20.8. The lowest BCUT2D eigenvalue weighted by atomic mass is 10.0. The van der Waals surface area contributed by atoms with Crippen molar-refractivity contribution in [3.8, 4) is 0 Å². The van der Waals surface area contributed by atoms with E-state index < -0.39 is 0 Å². The Hall–Kier alpha value is -2.99. The van der Waals surface area contributed by atoms with Crippen molar-refractivity contribution in [3.05, 3.63) is 75.7 Å². The number of nitrogens with zero attached hydrogens (tertiary/aromatic N) is 2. The third kappa shape index (κ3) is 5.29. The van der Waals surface area contributed by atoms with Gasteiger partial charge < -0.3 is 15.2 Å². The lowest BCUT2D eigenvalue weighted by Gasteiger charge is -2.25. The third-order valence-electron chi connectivity index (χ3n) is 5.15. The highest BCUT2D eigenvalue weighted by atomic mass is 16.1. The minimum Gasteiger partial charge on any atom is -0.354 e. The first-order chi connectivity index (χ1) is 14.0. The Balaban J connectivity index is 1.59. The zero-order valence-corrected chi connectivity index (χ0v) is 17.2. The number of para-hydroxylation sites is 2. The number of rotatable bonds is 8. The fourth-order valence-corrected chi connectivity index (χ4v) is 3.34. The standard InChI is InChI=1S/C23H28N4O2/c1-4-16-9-11-17(12-10-16)21(27(2)3)15-24-22(28)14-13-20-23(29)26-19-8-6-5-7-18(19)25-20/h5-12,21H,4,13-15H2,1-3H3,(H,24,28)(H,26,29). The number of amides is 1. The van der Waals surface area contributed by atoms with Gasteiger partial charge in [0.25, 0.3) is 5.56 Å². The van der Waals surface area contributed by atoms with E-state index in [0.717, 1.165) is 11.9 Å². The van der Waals surface area contributed by atoms with Gasteiger partial charge in [-0.25, -0.2) is 4.98 Å². The molecule has 0 aliphatic heterocycles. The monoisotopic (exact) mass is 392 g/mol. The molecule has 1 aromatic heterocycles. The maximum atomic E-state index is 12.4. The maximum Gasteiger partial charge on any atom is 0.270 e. The number of carbonyl (C=O) groups excluding carboxylic acids is 1. The molecule has 2 aromatic carbocycles. The SMILES string of the molecule is CCc1ccc(C(CNC(=O)CCc2nc3ccccc3[nH]c2=O)N(C)C)cc1. The van der Waals surface area contributed by atoms with Gasteiger partial charge in [-0.1, -0.05) is 43.3 Å². The molecule has 0 aliphatic carbocycles. The number of fused-ring (bicyclic) bond motifs is 1. The predicted molar refractivity (Wildman–Crippen MR) is 116 cm³/mol. The van der Waals surface area contributed by atoms with Gasteiger partial charge in [0.15, 0.2) is 0 Å². The summed E-state index contributed by atoms with van der Waals surface area (Å²) in [6, 6.07) is 16.0. The first-order valence-corrected chi connectivity index (χ1v) is 9.98. The molecule has 0 bridgehead atoms. The normalized spacial score (nSPS) is 12.3. The van der Waals surface area contributed by atoms with Crippen LogP contribution in [0.4, 0.5) is 0 Å². The molecule has 152 valence electrons. The van der Waals surface area contributed by atoms with Crippen molar-refractivity contribution >= 4 is 16.9 Å². The summed E-state index contributed by atoms with van der Waals surface area (Å²) in [5.41, 5.74) is 4.04. The number of H-pyrrole nitrogens is 1. The highest BCUT2D eigenvalue weighted by Crippen LogP contribution is 2.18. The first kappa shape index (κ1) is 20.7. The van der Waals surface area contributed by atoms with E-state index in [2.05, 4.69) is 51.4 Å². The number of aromatic amines is 1. The molecule has 1 atom stereocenters. The summed E-state index contributed by atoms with van der Waals surface area (Å²) in [6.45, 7) is 2.65. The molecular weight excluding hydrogens is 364 g/mol. The summed E-state index contributed by atoms with van der Waals surface area (Å²) in [4.78, 5) is 33.9. The number of hydrogen-bond donors (Lipinski definition) is 2. The molecule has 0 spiro atoms. The fourth-order valence-electron chi connectivity index (χ4n) is 3.34. The Labute approximate surface area is 171 Å². The van der Waals surface area contributed by atoms with Crippen LogP contribution in [0.25, 0.3) is 11.0 Å². The average Bonchev–Trinajstić information content (AvgIpc) is 2.72. The fraction of sp³-hybridized carbons (Fsp3) is 0.348. The Morgan fingerprint density at radius 3 is 2.55 bits per heavy atom. The van der Waals surface area contributed by atoms with E-state index in [0.29, 0.717) is 24.2 Å². The van der Waals surface area contributed by atoms with Crippen molar-refractivity contribution in [3.63, 3.8) is 0 Å². The summed E-state index contributed by atoms with van der Waals surface area (Å²) in [7, 11) is 4.01. The summed E-state index contributed by atoms with van der Waals surface area (Å²) in [5.74, 6) is -0.0867. The first-order valence-electron chi connectivity index (χ1n) is 9.98. The maximum absolute atomic E-state index is 12.4. The minimum absolute atomic E-state index is 0.0867. The van der Waals surface area contributed by atoms with E-state index >= 15 is 0 Å². The average molecular weight is 393 g/mol. The number of nitrogens with one attached hydrogen (secondary N) is 2. The number of likely N-dealkylation sites (N-methyl/N-ethyl adjacent to an activating group) is 1. The van der Waals surface area contributed by atoms with Crippen LogP contribution in [0.3, 0.4) is 0 Å². The van der Waals surface area contributed by atoms with Gasteiger partial charge in [-0.15, -0.1) is 0 Å². The Kier molecular flexibility index (Phi) is 6.77. The Morgan fingerprint density at radius 1 is 1.14 bits per heavy atom. The van der Waals surface area contributed by atoms with Crippen LogP contribution in [0.15, 0.2) is 53.3 Å². The van der Waals surface area contributed by atoms with Crippen LogP contribution in [0.5, 0.6) is 0 Å². The van der Waals surface area contributed by atoms with Crippen molar-refractivity contribution in [2.24, 2.45) is 0 Å². The lowest BCUT2D eigenvalue weighted by Crippen LogP contribution is -2.34. The summed E-state index contributed by atoms with van der Waals surface area (Å²) >= 11 is 0. The second kappa shape index (κ2) is 9.47. The highest BCUT2D eigenvalue weighted by molar-refractivity contribution is 5.76. The molecule has 3 rings (SSSR count). The van der Waals surface area contributed by atoms with Crippen LogP contribution in [-0.2, 0) is 17.6 Å². The van der Waals surface area contributed by atoms with Crippen LogP contribution >= 0.6 is 0 Å². The number of carbonyl (C=O) groups is 1. The van der Waals surface area contributed by atoms with Crippen molar-refractivity contribution in [2.45, 2.75) is 32.2 Å². The summed E-state index contributed by atoms with van der Waals surface area (Å²) in [6.07, 6.45) is 1.54. The third-order valence-corrected chi connectivity index (χ3v) is 5.15. The van der Waals surface area contributed by atoms with E-state index in [4.69, 9.17) is 0 Å². The van der Waals surface area contributed by atoms with Crippen molar-refractivity contribution in [1.29, 1.82) is 0 Å². The highest BCUT2D eigenvalue weighted by Gasteiger charge is 2.16. The summed E-state index contributed by atoms with van der Waals surface area (Å²) in [5, 5.41) is 3.00. The van der Waals surface area contributed by atoms with Gasteiger partial charge in [0.1, 0.15) is 5.69 Å². The number of hydrogen-bond acceptors (Lipinski definition) is 4. The van der Waals surface area contributed by atoms with E-state index in [1.165, 1.54) is 11.1 Å². The second-order valence-electron chi connectivity index (χ2n) is 7.41. The Bertz CT molecular complexity index is 1020. The molecule has 3 aromatic rings. The lowest BCUT2D eigenvalue weighted by molar-refractivity contribution is -0.121. The number of aromatic nitrogens is 2. The molecule has 6 nitrogen and oxygen atoms in total. The largest absolute Gasteiger partial charge is 0.354 e. The quantitative estimate of drug-likeness (QED) is 0.618. The van der Waals surface area contributed by atoms with E-state index in [1.807, 2.05) is 38.4 Å². The number of aryl methyl sites for hydroxylation is 2. The van der Waals surface area contributed by atoms with Gasteiger partial charge in [-0.05, 0) is 43.8 Å². The second-order valence-corrected chi connectivity index (χ2v) is 7.41. The van der Waals surface area contributed by atoms with E-state index in [1.54, 1.807) is 0 Å². The molecule has 6 heteroatoms. The molecule has 1 amide bonds. The van der Waals surface area contributed by atoms with Crippen molar-refractivity contribution in [2.75, 3.05) is 20.6 Å².